The zero-order valence-electron chi connectivity index (χ0n) is 13.7. The molecule has 1 fully saturated rings. The summed E-state index contributed by atoms with van der Waals surface area (Å²) < 4.78 is 1.14. The second-order valence-corrected chi connectivity index (χ2v) is 8.81. The number of aromatic amines is 1. The molecule has 2 aliphatic rings. The van der Waals surface area contributed by atoms with Crippen LogP contribution >= 0.6 is 27.3 Å². The Labute approximate surface area is 154 Å². The van der Waals surface area contributed by atoms with Crippen LogP contribution in [-0.4, -0.2) is 21.4 Å². The van der Waals surface area contributed by atoms with Gasteiger partial charge in [-0.3, -0.25) is 9.69 Å². The molecule has 2 aromatic heterocycles. The fraction of sp³-hybridized carbons (Fsp3) is 0.556. The van der Waals surface area contributed by atoms with Crippen LogP contribution in [0, 0.1) is 0 Å². The monoisotopic (exact) mass is 407 g/mol. The molecule has 1 aliphatic heterocycles. The van der Waals surface area contributed by atoms with Gasteiger partial charge >= 0.3 is 0 Å². The zero-order chi connectivity index (χ0) is 16.5. The van der Waals surface area contributed by atoms with E-state index in [2.05, 4.69) is 37.3 Å². The average Bonchev–Trinajstić information content (AvgIpc) is 3.01. The molecular formula is C18H22BrN3OS. The number of aromatic nitrogens is 2. The Bertz CT molecular complexity index is 779. The van der Waals surface area contributed by atoms with Crippen molar-refractivity contribution in [1.29, 1.82) is 0 Å². The number of hydrogen-bond donors (Lipinski definition) is 1. The van der Waals surface area contributed by atoms with E-state index >= 15 is 0 Å². The smallest absolute Gasteiger partial charge is 0.255 e. The first-order chi connectivity index (χ1) is 11.7. The Balaban J connectivity index is 1.52. The second kappa shape index (κ2) is 7.10. The lowest BCUT2D eigenvalue weighted by Crippen LogP contribution is -2.36. The standard InChI is InChI=1S/C18H22BrN3OS/c19-13-8-14(24-11-13)9-22-7-6-16-15(10-22)18(23)21-17(20-16)12-4-2-1-3-5-12/h8,11-12H,1-7,9-10H2,(H,20,21,23). The lowest BCUT2D eigenvalue weighted by molar-refractivity contribution is 0.243. The largest absolute Gasteiger partial charge is 0.310 e. The van der Waals surface area contributed by atoms with Crippen LogP contribution < -0.4 is 5.56 Å². The van der Waals surface area contributed by atoms with Crippen LogP contribution in [0.1, 0.15) is 60.0 Å². The van der Waals surface area contributed by atoms with E-state index in [1.165, 1.54) is 37.0 Å². The van der Waals surface area contributed by atoms with Gasteiger partial charge in [0.1, 0.15) is 5.82 Å². The fourth-order valence-corrected chi connectivity index (χ4v) is 5.35. The maximum absolute atomic E-state index is 12.6. The number of nitrogens with zero attached hydrogens (tertiary/aromatic N) is 2. The van der Waals surface area contributed by atoms with Crippen molar-refractivity contribution in [3.05, 3.63) is 48.2 Å². The molecule has 0 unspecified atom stereocenters. The van der Waals surface area contributed by atoms with Crippen LogP contribution in [0.25, 0.3) is 0 Å². The quantitative estimate of drug-likeness (QED) is 0.828. The predicted octanol–water partition coefficient (Wildman–Crippen LogP) is 4.20. The van der Waals surface area contributed by atoms with E-state index in [1.54, 1.807) is 11.3 Å². The van der Waals surface area contributed by atoms with E-state index in [9.17, 15) is 4.79 Å². The van der Waals surface area contributed by atoms with Crippen molar-refractivity contribution in [1.82, 2.24) is 14.9 Å². The minimum absolute atomic E-state index is 0.0811. The summed E-state index contributed by atoms with van der Waals surface area (Å²) >= 11 is 5.27. The topological polar surface area (TPSA) is 49.0 Å². The SMILES string of the molecule is O=c1[nH]c(C2CCCCC2)nc2c1CN(Cc1cc(Br)cs1)CC2. The third-order valence-electron chi connectivity index (χ3n) is 5.16. The summed E-state index contributed by atoms with van der Waals surface area (Å²) in [6.07, 6.45) is 7.05. The maximum atomic E-state index is 12.6. The lowest BCUT2D eigenvalue weighted by atomic mass is 9.88. The highest BCUT2D eigenvalue weighted by atomic mass is 79.9. The molecule has 0 radical (unpaired) electrons. The maximum Gasteiger partial charge on any atom is 0.255 e. The van der Waals surface area contributed by atoms with Gasteiger partial charge in [0.15, 0.2) is 0 Å². The summed E-state index contributed by atoms with van der Waals surface area (Å²) in [6, 6.07) is 2.16. The van der Waals surface area contributed by atoms with E-state index < -0.39 is 0 Å². The first kappa shape index (κ1) is 16.5. The molecule has 0 atom stereocenters. The predicted molar refractivity (Wildman–Crippen MR) is 101 cm³/mol. The third kappa shape index (κ3) is 3.51. The number of H-pyrrole nitrogens is 1. The first-order valence-electron chi connectivity index (χ1n) is 8.76. The zero-order valence-corrected chi connectivity index (χ0v) is 16.1. The minimum atomic E-state index is 0.0811. The Morgan fingerprint density at radius 2 is 2.17 bits per heavy atom. The summed E-state index contributed by atoms with van der Waals surface area (Å²) in [7, 11) is 0. The van der Waals surface area contributed by atoms with Crippen LogP contribution in [0.2, 0.25) is 0 Å². The molecule has 4 rings (SSSR count). The van der Waals surface area contributed by atoms with Crippen molar-refractivity contribution >= 4 is 27.3 Å². The normalized spacial score (nSPS) is 19.4. The Morgan fingerprint density at radius 1 is 1.33 bits per heavy atom. The van der Waals surface area contributed by atoms with Crippen molar-refractivity contribution in [2.75, 3.05) is 6.54 Å². The Hall–Kier alpha value is -0.980. The van der Waals surface area contributed by atoms with Gasteiger partial charge in [-0.05, 0) is 34.8 Å². The molecule has 0 amide bonds. The number of rotatable bonds is 3. The van der Waals surface area contributed by atoms with E-state index in [-0.39, 0.29) is 5.56 Å². The lowest BCUT2D eigenvalue weighted by Gasteiger charge is -2.28. The van der Waals surface area contributed by atoms with Crippen molar-refractivity contribution in [3.63, 3.8) is 0 Å². The number of thiophene rings is 1. The molecule has 24 heavy (non-hydrogen) atoms. The van der Waals surface area contributed by atoms with E-state index in [0.717, 1.165) is 41.1 Å². The molecule has 0 aromatic carbocycles. The Morgan fingerprint density at radius 3 is 2.92 bits per heavy atom. The third-order valence-corrected chi connectivity index (χ3v) is 6.84. The van der Waals surface area contributed by atoms with Crippen LogP contribution in [0.15, 0.2) is 20.7 Å². The molecular weight excluding hydrogens is 386 g/mol. The molecule has 0 spiro atoms. The van der Waals surface area contributed by atoms with Gasteiger partial charge in [-0.25, -0.2) is 4.98 Å². The van der Waals surface area contributed by atoms with Crippen LogP contribution in [0.3, 0.4) is 0 Å². The van der Waals surface area contributed by atoms with Crippen LogP contribution in [-0.2, 0) is 19.5 Å². The van der Waals surface area contributed by atoms with Crippen molar-refractivity contribution < 1.29 is 0 Å². The van der Waals surface area contributed by atoms with Crippen LogP contribution in [0.4, 0.5) is 0 Å². The van der Waals surface area contributed by atoms with Gasteiger partial charge in [-0.15, -0.1) is 11.3 Å². The highest BCUT2D eigenvalue weighted by molar-refractivity contribution is 9.10. The highest BCUT2D eigenvalue weighted by Crippen LogP contribution is 2.31. The number of nitrogens with one attached hydrogen (secondary N) is 1. The molecule has 4 nitrogen and oxygen atoms in total. The van der Waals surface area contributed by atoms with Gasteiger partial charge in [0, 0.05) is 46.7 Å². The second-order valence-electron chi connectivity index (χ2n) is 6.90. The number of hydrogen-bond acceptors (Lipinski definition) is 4. The highest BCUT2D eigenvalue weighted by Gasteiger charge is 2.24. The summed E-state index contributed by atoms with van der Waals surface area (Å²) in [6.45, 7) is 2.58. The number of halogens is 1. The van der Waals surface area contributed by atoms with Gasteiger partial charge in [-0.1, -0.05) is 19.3 Å². The fourth-order valence-electron chi connectivity index (χ4n) is 3.86. The first-order valence-corrected chi connectivity index (χ1v) is 10.4. The summed E-state index contributed by atoms with van der Waals surface area (Å²) in [4.78, 5) is 24.2. The van der Waals surface area contributed by atoms with Gasteiger partial charge in [0.2, 0.25) is 0 Å². The Kier molecular flexibility index (Phi) is 4.88. The van der Waals surface area contributed by atoms with E-state index in [4.69, 9.17) is 4.98 Å². The summed E-state index contributed by atoms with van der Waals surface area (Å²) in [5, 5.41) is 2.11. The molecule has 1 saturated carbocycles. The average molecular weight is 408 g/mol. The van der Waals surface area contributed by atoms with Crippen LogP contribution in [0.5, 0.6) is 0 Å². The number of fused-ring (bicyclic) bond motifs is 1. The van der Waals surface area contributed by atoms with Crippen molar-refractivity contribution in [3.8, 4) is 0 Å². The van der Waals surface area contributed by atoms with Crippen molar-refractivity contribution in [2.24, 2.45) is 0 Å². The van der Waals surface area contributed by atoms with Gasteiger partial charge in [-0.2, -0.15) is 0 Å². The summed E-state index contributed by atoms with van der Waals surface area (Å²) in [5.74, 6) is 1.40. The van der Waals surface area contributed by atoms with Gasteiger partial charge in [0.25, 0.3) is 5.56 Å². The summed E-state index contributed by atoms with van der Waals surface area (Å²) in [5.41, 5.74) is 1.98. The molecule has 0 saturated heterocycles. The molecule has 1 aliphatic carbocycles. The van der Waals surface area contributed by atoms with E-state index in [1.807, 2.05) is 0 Å². The molecule has 6 heteroatoms. The molecule has 3 heterocycles. The van der Waals surface area contributed by atoms with Gasteiger partial charge in [0.05, 0.1) is 11.3 Å². The molecule has 1 N–H and O–H groups in total. The molecule has 0 bridgehead atoms. The minimum Gasteiger partial charge on any atom is -0.310 e. The van der Waals surface area contributed by atoms with Gasteiger partial charge < -0.3 is 4.98 Å². The molecule has 128 valence electrons. The van der Waals surface area contributed by atoms with Crippen molar-refractivity contribution in [2.45, 2.75) is 57.5 Å². The molecule has 2 aromatic rings. The van der Waals surface area contributed by atoms with E-state index in [0.29, 0.717) is 12.5 Å².